The zero-order valence-corrected chi connectivity index (χ0v) is 15.0. The average Bonchev–Trinajstić information content (AvgIpc) is 2.63. The predicted octanol–water partition coefficient (Wildman–Crippen LogP) is 7.24. The molecule has 0 unspecified atom stereocenters. The molecule has 1 heteroatoms. The van der Waals surface area contributed by atoms with Crippen molar-refractivity contribution < 1.29 is 0 Å². The molecule has 116 valence electrons. The molecular formula is C23H17Br. The van der Waals surface area contributed by atoms with Crippen LogP contribution in [0.5, 0.6) is 0 Å². The largest absolute Gasteiger partial charge is 0.0616 e. The molecule has 0 amide bonds. The minimum Gasteiger partial charge on any atom is -0.0616 e. The molecule has 4 rings (SSSR count). The lowest BCUT2D eigenvalue weighted by molar-refractivity contribution is 1.52. The van der Waals surface area contributed by atoms with Crippen molar-refractivity contribution in [1.29, 1.82) is 0 Å². The molecule has 0 fully saturated rings. The van der Waals surface area contributed by atoms with Gasteiger partial charge >= 0.3 is 0 Å². The van der Waals surface area contributed by atoms with E-state index in [4.69, 9.17) is 0 Å². The SMILES string of the molecule is Cc1ccc(-c2ccccc2-c2ccccc2Br)c2ccccc12. The maximum absolute atomic E-state index is 3.70. The van der Waals surface area contributed by atoms with Gasteiger partial charge in [-0.15, -0.1) is 0 Å². The van der Waals surface area contributed by atoms with E-state index >= 15 is 0 Å². The van der Waals surface area contributed by atoms with E-state index in [0.717, 1.165) is 4.47 Å². The van der Waals surface area contributed by atoms with E-state index in [-0.39, 0.29) is 0 Å². The molecular weight excluding hydrogens is 356 g/mol. The summed E-state index contributed by atoms with van der Waals surface area (Å²) in [5.74, 6) is 0. The summed E-state index contributed by atoms with van der Waals surface area (Å²) in [7, 11) is 0. The van der Waals surface area contributed by atoms with Crippen LogP contribution in [-0.4, -0.2) is 0 Å². The molecule has 0 aliphatic carbocycles. The Hall–Kier alpha value is -2.38. The summed E-state index contributed by atoms with van der Waals surface area (Å²) in [6, 6.07) is 30.1. The van der Waals surface area contributed by atoms with Crippen molar-refractivity contribution in [3.8, 4) is 22.3 Å². The molecule has 0 bridgehead atoms. The third kappa shape index (κ3) is 2.55. The zero-order chi connectivity index (χ0) is 16.5. The summed E-state index contributed by atoms with van der Waals surface area (Å²) >= 11 is 3.70. The lowest BCUT2D eigenvalue weighted by atomic mass is 9.90. The van der Waals surface area contributed by atoms with E-state index in [0.29, 0.717) is 0 Å². The summed E-state index contributed by atoms with van der Waals surface area (Å²) in [6.45, 7) is 2.17. The number of rotatable bonds is 2. The fraction of sp³-hybridized carbons (Fsp3) is 0.0435. The van der Waals surface area contributed by atoms with Crippen LogP contribution < -0.4 is 0 Å². The molecule has 0 aliphatic heterocycles. The van der Waals surface area contributed by atoms with Gasteiger partial charge < -0.3 is 0 Å². The van der Waals surface area contributed by atoms with Crippen molar-refractivity contribution in [2.24, 2.45) is 0 Å². The fourth-order valence-electron chi connectivity index (χ4n) is 3.32. The van der Waals surface area contributed by atoms with Crippen LogP contribution in [0.15, 0.2) is 89.4 Å². The maximum Gasteiger partial charge on any atom is 0.0253 e. The quantitative estimate of drug-likeness (QED) is 0.347. The van der Waals surface area contributed by atoms with Gasteiger partial charge in [-0.1, -0.05) is 94.8 Å². The maximum atomic E-state index is 3.70. The van der Waals surface area contributed by atoms with Gasteiger partial charge in [-0.2, -0.15) is 0 Å². The topological polar surface area (TPSA) is 0 Å². The molecule has 0 saturated carbocycles. The highest BCUT2D eigenvalue weighted by atomic mass is 79.9. The van der Waals surface area contributed by atoms with E-state index in [1.165, 1.54) is 38.6 Å². The standard InChI is InChI=1S/C23H17Br/c1-16-14-15-21(18-9-3-2-8-17(16)18)19-10-4-5-11-20(19)22-12-6-7-13-23(22)24/h2-15H,1H3. The Bertz CT molecular complexity index is 1030. The van der Waals surface area contributed by atoms with Gasteiger partial charge in [0, 0.05) is 4.47 Å². The number of halogens is 1. The van der Waals surface area contributed by atoms with Crippen molar-refractivity contribution in [3.63, 3.8) is 0 Å². The summed E-state index contributed by atoms with van der Waals surface area (Å²) in [6.07, 6.45) is 0. The number of hydrogen-bond donors (Lipinski definition) is 0. The van der Waals surface area contributed by atoms with Gasteiger partial charge in [-0.05, 0) is 51.6 Å². The Morgan fingerprint density at radius 1 is 0.500 bits per heavy atom. The Balaban J connectivity index is 2.03. The minimum absolute atomic E-state index is 1.12. The number of hydrogen-bond acceptors (Lipinski definition) is 0. The summed E-state index contributed by atoms with van der Waals surface area (Å²) < 4.78 is 1.12. The molecule has 0 radical (unpaired) electrons. The predicted molar refractivity (Wildman–Crippen MR) is 107 cm³/mol. The highest BCUT2D eigenvalue weighted by Gasteiger charge is 2.12. The van der Waals surface area contributed by atoms with Gasteiger partial charge in [-0.25, -0.2) is 0 Å². The Morgan fingerprint density at radius 3 is 1.75 bits per heavy atom. The monoisotopic (exact) mass is 372 g/mol. The first kappa shape index (κ1) is 15.2. The van der Waals surface area contributed by atoms with Crippen LogP contribution in [0.25, 0.3) is 33.0 Å². The second kappa shape index (κ2) is 6.26. The number of benzene rings is 4. The van der Waals surface area contributed by atoms with Gasteiger partial charge in [0.15, 0.2) is 0 Å². The van der Waals surface area contributed by atoms with Gasteiger partial charge in [0.05, 0.1) is 0 Å². The van der Waals surface area contributed by atoms with Crippen LogP contribution in [0.3, 0.4) is 0 Å². The molecule has 4 aromatic rings. The number of fused-ring (bicyclic) bond motifs is 1. The van der Waals surface area contributed by atoms with Crippen molar-refractivity contribution >= 4 is 26.7 Å². The lowest BCUT2D eigenvalue weighted by Crippen LogP contribution is -1.89. The minimum atomic E-state index is 1.12. The molecule has 0 aromatic heterocycles. The number of aryl methyl sites for hydroxylation is 1. The van der Waals surface area contributed by atoms with Crippen LogP contribution in [0.1, 0.15) is 5.56 Å². The van der Waals surface area contributed by atoms with Crippen LogP contribution in [0, 0.1) is 6.92 Å². The normalized spacial score (nSPS) is 10.9. The van der Waals surface area contributed by atoms with Crippen molar-refractivity contribution in [3.05, 3.63) is 95.0 Å². The lowest BCUT2D eigenvalue weighted by Gasteiger charge is -2.14. The molecule has 4 aromatic carbocycles. The molecule has 24 heavy (non-hydrogen) atoms. The zero-order valence-electron chi connectivity index (χ0n) is 13.5. The van der Waals surface area contributed by atoms with Crippen molar-refractivity contribution in [1.82, 2.24) is 0 Å². The smallest absolute Gasteiger partial charge is 0.0253 e. The molecule has 0 N–H and O–H groups in total. The first-order valence-corrected chi connectivity index (χ1v) is 8.87. The Morgan fingerprint density at radius 2 is 1.04 bits per heavy atom. The van der Waals surface area contributed by atoms with Crippen LogP contribution in [-0.2, 0) is 0 Å². The van der Waals surface area contributed by atoms with E-state index < -0.39 is 0 Å². The summed E-state index contributed by atoms with van der Waals surface area (Å²) in [5, 5.41) is 2.62. The van der Waals surface area contributed by atoms with Gasteiger partial charge in [0.1, 0.15) is 0 Å². The van der Waals surface area contributed by atoms with E-state index in [9.17, 15) is 0 Å². The van der Waals surface area contributed by atoms with Crippen molar-refractivity contribution in [2.45, 2.75) is 6.92 Å². The van der Waals surface area contributed by atoms with Gasteiger partial charge in [-0.3, -0.25) is 0 Å². The first-order valence-electron chi connectivity index (χ1n) is 8.08. The van der Waals surface area contributed by atoms with E-state index in [2.05, 4.69) is 108 Å². The van der Waals surface area contributed by atoms with E-state index in [1.54, 1.807) is 0 Å². The first-order chi connectivity index (χ1) is 11.8. The molecule has 0 saturated heterocycles. The fourth-order valence-corrected chi connectivity index (χ4v) is 3.82. The average molecular weight is 373 g/mol. The summed E-state index contributed by atoms with van der Waals surface area (Å²) in [4.78, 5) is 0. The second-order valence-corrected chi connectivity index (χ2v) is 6.86. The van der Waals surface area contributed by atoms with Crippen LogP contribution in [0.2, 0.25) is 0 Å². The van der Waals surface area contributed by atoms with E-state index in [1.807, 2.05) is 0 Å². The molecule has 0 spiro atoms. The molecule has 0 nitrogen and oxygen atoms in total. The third-order valence-electron chi connectivity index (χ3n) is 4.52. The molecule has 0 atom stereocenters. The van der Waals surface area contributed by atoms with Gasteiger partial charge in [0.2, 0.25) is 0 Å². The molecule has 0 aliphatic rings. The van der Waals surface area contributed by atoms with Crippen molar-refractivity contribution in [2.75, 3.05) is 0 Å². The Labute approximate surface area is 150 Å². The third-order valence-corrected chi connectivity index (χ3v) is 5.21. The van der Waals surface area contributed by atoms with Crippen LogP contribution in [0.4, 0.5) is 0 Å². The Kier molecular flexibility index (Phi) is 3.95. The summed E-state index contributed by atoms with van der Waals surface area (Å²) in [5.41, 5.74) is 6.33. The highest BCUT2D eigenvalue weighted by Crippen LogP contribution is 2.39. The molecule has 0 heterocycles. The second-order valence-electron chi connectivity index (χ2n) is 6.00. The highest BCUT2D eigenvalue weighted by molar-refractivity contribution is 9.10. The van der Waals surface area contributed by atoms with Crippen LogP contribution >= 0.6 is 15.9 Å². The van der Waals surface area contributed by atoms with Gasteiger partial charge in [0.25, 0.3) is 0 Å².